The van der Waals surface area contributed by atoms with Gasteiger partial charge in [0, 0.05) is 25.5 Å². The molecule has 3 aromatic carbocycles. The summed E-state index contributed by atoms with van der Waals surface area (Å²) in [6.45, 7) is 0.369. The Balaban J connectivity index is 1.45. The number of benzene rings is 3. The molecule has 0 bridgehead atoms. The van der Waals surface area contributed by atoms with Crippen LogP contribution in [0.3, 0.4) is 0 Å². The number of furan rings is 1. The van der Waals surface area contributed by atoms with Gasteiger partial charge in [0.1, 0.15) is 17.9 Å². The van der Waals surface area contributed by atoms with Crippen LogP contribution in [0.15, 0.2) is 80.7 Å². The second-order valence-corrected chi connectivity index (χ2v) is 8.38. The predicted octanol–water partition coefficient (Wildman–Crippen LogP) is 6.85. The Hall–Kier alpha value is -2.80. The van der Waals surface area contributed by atoms with Crippen molar-refractivity contribution in [1.82, 2.24) is 5.43 Å². The van der Waals surface area contributed by atoms with Gasteiger partial charge in [-0.15, -0.1) is 0 Å². The smallest absolute Gasteiger partial charge is 0.307 e. The van der Waals surface area contributed by atoms with Gasteiger partial charge in [0.05, 0.1) is 6.21 Å². The first-order valence-electron chi connectivity index (χ1n) is 9.17. The number of halogens is 3. The van der Waals surface area contributed by atoms with Crippen LogP contribution in [-0.2, 0) is 6.61 Å². The highest BCUT2D eigenvalue weighted by Gasteiger charge is 2.12. The van der Waals surface area contributed by atoms with Crippen molar-refractivity contribution in [3.8, 4) is 5.75 Å². The van der Waals surface area contributed by atoms with Crippen molar-refractivity contribution in [2.24, 2.45) is 5.10 Å². The third-order valence-corrected chi connectivity index (χ3v) is 5.33. The summed E-state index contributed by atoms with van der Waals surface area (Å²) in [5.41, 5.74) is 4.72. The Morgan fingerprint density at radius 1 is 1.03 bits per heavy atom. The number of amides is 1. The minimum atomic E-state index is -0.470. The van der Waals surface area contributed by atoms with E-state index in [1.54, 1.807) is 24.3 Å². The lowest BCUT2D eigenvalue weighted by Crippen LogP contribution is -2.16. The van der Waals surface area contributed by atoms with Gasteiger partial charge in [-0.1, -0.05) is 51.3 Å². The molecule has 0 radical (unpaired) electrons. The Morgan fingerprint density at radius 2 is 1.81 bits per heavy atom. The Kier molecular flexibility index (Phi) is 6.61. The lowest BCUT2D eigenvalue weighted by molar-refractivity contribution is 0.0929. The summed E-state index contributed by atoms with van der Waals surface area (Å²) >= 11 is 15.3. The highest BCUT2D eigenvalue weighted by atomic mass is 79.9. The van der Waals surface area contributed by atoms with Crippen LogP contribution in [0.25, 0.3) is 11.0 Å². The van der Waals surface area contributed by atoms with Gasteiger partial charge in [-0.05, 0) is 60.2 Å². The van der Waals surface area contributed by atoms with Gasteiger partial charge in [0.25, 0.3) is 0 Å². The van der Waals surface area contributed by atoms with Crippen LogP contribution >= 0.6 is 39.1 Å². The minimum absolute atomic E-state index is 0.142. The van der Waals surface area contributed by atoms with Crippen LogP contribution in [0.2, 0.25) is 10.0 Å². The Bertz CT molecular complexity index is 1270. The molecule has 0 aliphatic carbocycles. The monoisotopic (exact) mass is 516 g/mol. The number of ether oxygens (including phenoxy) is 1. The quantitative estimate of drug-likeness (QED) is 0.225. The zero-order valence-corrected chi connectivity index (χ0v) is 19.0. The molecule has 0 atom stereocenters. The van der Waals surface area contributed by atoms with E-state index >= 15 is 0 Å². The topological polar surface area (TPSA) is 63.8 Å². The third kappa shape index (κ3) is 5.47. The van der Waals surface area contributed by atoms with E-state index in [0.717, 1.165) is 15.4 Å². The van der Waals surface area contributed by atoms with Crippen LogP contribution in [0.5, 0.6) is 5.75 Å². The van der Waals surface area contributed by atoms with E-state index in [0.29, 0.717) is 33.5 Å². The highest BCUT2D eigenvalue weighted by Crippen LogP contribution is 2.24. The Labute approximate surface area is 196 Å². The van der Waals surface area contributed by atoms with Crippen LogP contribution in [0.4, 0.5) is 0 Å². The van der Waals surface area contributed by atoms with Crippen molar-refractivity contribution in [3.05, 3.63) is 98.1 Å². The van der Waals surface area contributed by atoms with Gasteiger partial charge in [-0.2, -0.15) is 5.10 Å². The molecule has 31 heavy (non-hydrogen) atoms. The van der Waals surface area contributed by atoms with Crippen molar-refractivity contribution in [2.45, 2.75) is 6.61 Å². The third-order valence-electron chi connectivity index (χ3n) is 4.35. The fraction of sp³-hybridized carbons (Fsp3) is 0.0435. The molecular weight excluding hydrogens is 503 g/mol. The second-order valence-electron chi connectivity index (χ2n) is 6.59. The molecular formula is C23H15BrCl2N2O3. The molecule has 1 heterocycles. The van der Waals surface area contributed by atoms with E-state index in [1.165, 1.54) is 6.21 Å². The van der Waals surface area contributed by atoms with Crippen molar-refractivity contribution in [3.63, 3.8) is 0 Å². The normalized spacial score (nSPS) is 11.2. The molecule has 8 heteroatoms. The van der Waals surface area contributed by atoms with Gasteiger partial charge >= 0.3 is 5.91 Å². The van der Waals surface area contributed by atoms with Gasteiger partial charge in [0.15, 0.2) is 5.76 Å². The first-order chi connectivity index (χ1) is 15.0. The Morgan fingerprint density at radius 3 is 2.61 bits per heavy atom. The van der Waals surface area contributed by atoms with E-state index in [-0.39, 0.29) is 5.76 Å². The summed E-state index contributed by atoms with van der Waals surface area (Å²) in [7, 11) is 0. The molecule has 0 fully saturated rings. The molecule has 1 amide bonds. The van der Waals surface area contributed by atoms with E-state index < -0.39 is 5.91 Å². The predicted molar refractivity (Wildman–Crippen MR) is 126 cm³/mol. The molecule has 0 saturated heterocycles. The van der Waals surface area contributed by atoms with E-state index in [1.807, 2.05) is 42.5 Å². The number of carbonyl (C=O) groups is 1. The van der Waals surface area contributed by atoms with Crippen LogP contribution in [0.1, 0.15) is 21.7 Å². The molecule has 4 aromatic rings. The average Bonchev–Trinajstić information content (AvgIpc) is 3.17. The number of rotatable bonds is 6. The summed E-state index contributed by atoms with van der Waals surface area (Å²) in [5, 5.41) is 6.03. The number of hydrogen-bond acceptors (Lipinski definition) is 4. The molecule has 0 aliphatic rings. The summed E-state index contributed by atoms with van der Waals surface area (Å²) in [5.74, 6) is 0.291. The van der Waals surface area contributed by atoms with Gasteiger partial charge in [-0.25, -0.2) is 5.43 Å². The number of fused-ring (bicyclic) bond motifs is 1. The van der Waals surface area contributed by atoms with Gasteiger partial charge in [-0.3, -0.25) is 4.79 Å². The SMILES string of the molecule is O=C(N/N=C/c1cc(Br)ccc1OCc1ccc(Cl)cc1)c1cc2cc(Cl)ccc2o1. The molecule has 0 unspecified atom stereocenters. The van der Waals surface area contributed by atoms with Crippen molar-refractivity contribution < 1.29 is 13.9 Å². The summed E-state index contributed by atoms with van der Waals surface area (Å²) in [6, 6.07) is 19.7. The summed E-state index contributed by atoms with van der Waals surface area (Å²) in [4.78, 5) is 12.4. The second kappa shape index (κ2) is 9.56. The average molecular weight is 518 g/mol. The molecule has 0 saturated carbocycles. The maximum atomic E-state index is 12.4. The number of nitrogens with one attached hydrogen (secondary N) is 1. The van der Waals surface area contributed by atoms with Crippen LogP contribution in [-0.4, -0.2) is 12.1 Å². The summed E-state index contributed by atoms with van der Waals surface area (Å²) < 4.78 is 12.3. The number of carbonyl (C=O) groups excluding carboxylic acids is 1. The fourth-order valence-corrected chi connectivity index (χ4v) is 3.52. The minimum Gasteiger partial charge on any atom is -0.488 e. The molecule has 1 N–H and O–H groups in total. The van der Waals surface area contributed by atoms with E-state index in [4.69, 9.17) is 32.4 Å². The molecule has 1 aromatic heterocycles. The first-order valence-corrected chi connectivity index (χ1v) is 10.7. The molecule has 0 spiro atoms. The number of hydrogen-bond donors (Lipinski definition) is 1. The zero-order valence-electron chi connectivity index (χ0n) is 15.9. The maximum absolute atomic E-state index is 12.4. The standard InChI is InChI=1S/C23H15BrCl2N2O3/c24-17-3-7-20(30-13-14-1-4-18(25)5-2-14)16(9-17)12-27-28-23(29)22-11-15-10-19(26)6-8-21(15)31-22/h1-12H,13H2,(H,28,29)/b27-12+. The molecule has 0 aliphatic heterocycles. The zero-order chi connectivity index (χ0) is 21.8. The first kappa shape index (κ1) is 21.4. The van der Waals surface area contributed by atoms with Crippen molar-refractivity contribution in [1.29, 1.82) is 0 Å². The lowest BCUT2D eigenvalue weighted by atomic mass is 10.2. The van der Waals surface area contributed by atoms with Crippen LogP contribution in [0, 0.1) is 0 Å². The van der Waals surface area contributed by atoms with Crippen molar-refractivity contribution >= 4 is 62.2 Å². The lowest BCUT2D eigenvalue weighted by Gasteiger charge is -2.10. The molecule has 5 nitrogen and oxygen atoms in total. The van der Waals surface area contributed by atoms with Gasteiger partial charge < -0.3 is 9.15 Å². The highest BCUT2D eigenvalue weighted by molar-refractivity contribution is 9.10. The van der Waals surface area contributed by atoms with Gasteiger partial charge in [0.2, 0.25) is 0 Å². The number of nitrogens with zero attached hydrogens (tertiary/aromatic N) is 1. The maximum Gasteiger partial charge on any atom is 0.307 e. The van der Waals surface area contributed by atoms with E-state index in [9.17, 15) is 4.79 Å². The largest absolute Gasteiger partial charge is 0.488 e. The molecule has 156 valence electrons. The number of hydrazone groups is 1. The van der Waals surface area contributed by atoms with Crippen molar-refractivity contribution in [2.75, 3.05) is 0 Å². The fourth-order valence-electron chi connectivity index (χ4n) is 2.84. The summed E-state index contributed by atoms with van der Waals surface area (Å²) in [6.07, 6.45) is 1.51. The van der Waals surface area contributed by atoms with E-state index in [2.05, 4.69) is 26.5 Å². The molecule has 4 rings (SSSR count). The van der Waals surface area contributed by atoms with Crippen LogP contribution < -0.4 is 10.2 Å².